The van der Waals surface area contributed by atoms with Crippen molar-refractivity contribution in [2.24, 2.45) is 0 Å². The highest BCUT2D eigenvalue weighted by Gasteiger charge is 2.07. The van der Waals surface area contributed by atoms with E-state index in [1.165, 1.54) is 11.1 Å². The van der Waals surface area contributed by atoms with Crippen LogP contribution in [0.3, 0.4) is 0 Å². The quantitative estimate of drug-likeness (QED) is 0.820. The highest BCUT2D eigenvalue weighted by atomic mass is 16.5. The normalized spacial score (nSPS) is 10.8. The Hall–Kier alpha value is -1.80. The number of nitrogens with one attached hydrogen (secondary N) is 1. The molecule has 0 amide bonds. The van der Waals surface area contributed by atoms with Crippen molar-refractivity contribution in [1.82, 2.24) is 5.32 Å². The van der Waals surface area contributed by atoms with E-state index in [1.807, 2.05) is 24.3 Å². The van der Waals surface area contributed by atoms with Crippen LogP contribution in [-0.4, -0.2) is 6.54 Å². The lowest BCUT2D eigenvalue weighted by atomic mass is 10.0. The zero-order chi connectivity index (χ0) is 14.4. The van der Waals surface area contributed by atoms with E-state index in [1.54, 1.807) is 0 Å². The van der Waals surface area contributed by atoms with Gasteiger partial charge in [0.2, 0.25) is 0 Å². The first-order valence-electron chi connectivity index (χ1n) is 7.27. The largest absolute Gasteiger partial charge is 0.457 e. The van der Waals surface area contributed by atoms with Gasteiger partial charge in [-0.15, -0.1) is 0 Å². The van der Waals surface area contributed by atoms with Crippen molar-refractivity contribution in [3.63, 3.8) is 0 Å². The van der Waals surface area contributed by atoms with Crippen LogP contribution in [0.5, 0.6) is 11.5 Å². The first-order valence-corrected chi connectivity index (χ1v) is 7.27. The third kappa shape index (κ3) is 3.84. The molecule has 20 heavy (non-hydrogen) atoms. The van der Waals surface area contributed by atoms with Gasteiger partial charge in [0.15, 0.2) is 0 Å². The highest BCUT2D eigenvalue weighted by molar-refractivity contribution is 5.40. The van der Waals surface area contributed by atoms with E-state index < -0.39 is 0 Å². The van der Waals surface area contributed by atoms with Crippen LogP contribution in [0.15, 0.2) is 48.5 Å². The van der Waals surface area contributed by atoms with Crippen molar-refractivity contribution < 1.29 is 4.74 Å². The van der Waals surface area contributed by atoms with Crippen molar-refractivity contribution in [1.29, 1.82) is 0 Å². The molecule has 2 nitrogen and oxygen atoms in total. The molecule has 0 aliphatic carbocycles. The first-order chi connectivity index (χ1) is 9.70. The molecule has 1 N–H and O–H groups in total. The Balaban J connectivity index is 2.10. The van der Waals surface area contributed by atoms with E-state index in [0.29, 0.717) is 5.92 Å². The van der Waals surface area contributed by atoms with Gasteiger partial charge in [0.05, 0.1) is 0 Å². The molecule has 0 bridgehead atoms. The summed E-state index contributed by atoms with van der Waals surface area (Å²) in [7, 11) is 0. The molecule has 0 radical (unpaired) electrons. The Morgan fingerprint density at radius 1 is 1.00 bits per heavy atom. The number of para-hydroxylation sites is 1. The first kappa shape index (κ1) is 14.6. The Labute approximate surface area is 121 Å². The fraction of sp³-hybridized carbons (Fsp3) is 0.333. The summed E-state index contributed by atoms with van der Waals surface area (Å²) < 4.78 is 6.01. The molecule has 0 spiro atoms. The lowest BCUT2D eigenvalue weighted by molar-refractivity contribution is 0.473. The summed E-state index contributed by atoms with van der Waals surface area (Å²) in [6, 6.07) is 16.5. The molecule has 106 valence electrons. The second kappa shape index (κ2) is 7.11. The van der Waals surface area contributed by atoms with Crippen LogP contribution in [0.2, 0.25) is 0 Å². The molecule has 0 fully saturated rings. The summed E-state index contributed by atoms with van der Waals surface area (Å²) in [5, 5.41) is 3.32. The SMILES string of the molecule is CCNCc1ccc(Oc2ccccc2C(C)C)cc1. The van der Waals surface area contributed by atoms with E-state index in [4.69, 9.17) is 4.74 Å². The summed E-state index contributed by atoms with van der Waals surface area (Å²) in [6.45, 7) is 8.36. The van der Waals surface area contributed by atoms with Gasteiger partial charge in [0.1, 0.15) is 11.5 Å². The zero-order valence-electron chi connectivity index (χ0n) is 12.5. The Bertz CT molecular complexity index is 531. The molecule has 0 atom stereocenters. The van der Waals surface area contributed by atoms with Crippen molar-refractivity contribution in [2.45, 2.75) is 33.2 Å². The summed E-state index contributed by atoms with van der Waals surface area (Å²) in [5.74, 6) is 2.29. The van der Waals surface area contributed by atoms with Crippen LogP contribution < -0.4 is 10.1 Å². The molecule has 0 aliphatic heterocycles. The third-order valence-corrected chi connectivity index (χ3v) is 3.27. The minimum atomic E-state index is 0.458. The van der Waals surface area contributed by atoms with Crippen LogP contribution >= 0.6 is 0 Å². The maximum absolute atomic E-state index is 6.01. The molecule has 0 aromatic heterocycles. The van der Waals surface area contributed by atoms with E-state index >= 15 is 0 Å². The van der Waals surface area contributed by atoms with Gasteiger partial charge >= 0.3 is 0 Å². The van der Waals surface area contributed by atoms with Crippen molar-refractivity contribution >= 4 is 0 Å². The average molecular weight is 269 g/mol. The van der Waals surface area contributed by atoms with E-state index in [2.05, 4.69) is 50.4 Å². The maximum atomic E-state index is 6.01. The fourth-order valence-electron chi connectivity index (χ4n) is 2.12. The minimum Gasteiger partial charge on any atom is -0.457 e. The van der Waals surface area contributed by atoms with Crippen LogP contribution in [0.4, 0.5) is 0 Å². The molecule has 0 heterocycles. The van der Waals surface area contributed by atoms with Crippen LogP contribution in [0, 0.1) is 0 Å². The lowest BCUT2D eigenvalue weighted by Gasteiger charge is -2.13. The summed E-state index contributed by atoms with van der Waals surface area (Å²) in [6.07, 6.45) is 0. The Morgan fingerprint density at radius 2 is 1.70 bits per heavy atom. The fourth-order valence-corrected chi connectivity index (χ4v) is 2.12. The van der Waals surface area contributed by atoms with Gasteiger partial charge in [-0.3, -0.25) is 0 Å². The number of hydrogen-bond donors (Lipinski definition) is 1. The van der Waals surface area contributed by atoms with E-state index in [0.717, 1.165) is 24.6 Å². The smallest absolute Gasteiger partial charge is 0.130 e. The number of ether oxygens (including phenoxy) is 1. The van der Waals surface area contributed by atoms with Gasteiger partial charge in [0.25, 0.3) is 0 Å². The van der Waals surface area contributed by atoms with E-state index in [-0.39, 0.29) is 0 Å². The van der Waals surface area contributed by atoms with Crippen molar-refractivity contribution in [2.75, 3.05) is 6.54 Å². The van der Waals surface area contributed by atoms with E-state index in [9.17, 15) is 0 Å². The van der Waals surface area contributed by atoms with Crippen molar-refractivity contribution in [3.05, 3.63) is 59.7 Å². The minimum absolute atomic E-state index is 0.458. The molecule has 0 saturated heterocycles. The average Bonchev–Trinajstić information content (AvgIpc) is 2.47. The molecule has 0 aliphatic rings. The third-order valence-electron chi connectivity index (χ3n) is 3.27. The predicted octanol–water partition coefficient (Wildman–Crippen LogP) is 4.71. The predicted molar refractivity (Wildman–Crippen MR) is 84.4 cm³/mol. The monoisotopic (exact) mass is 269 g/mol. The number of benzene rings is 2. The molecular formula is C18H23NO. The molecule has 2 aromatic rings. The second-order valence-electron chi connectivity index (χ2n) is 5.22. The topological polar surface area (TPSA) is 21.3 Å². The van der Waals surface area contributed by atoms with Gasteiger partial charge in [-0.1, -0.05) is 51.1 Å². The van der Waals surface area contributed by atoms with Gasteiger partial charge < -0.3 is 10.1 Å². The van der Waals surface area contributed by atoms with Crippen molar-refractivity contribution in [3.8, 4) is 11.5 Å². The summed E-state index contributed by atoms with van der Waals surface area (Å²) in [5.41, 5.74) is 2.51. The second-order valence-corrected chi connectivity index (χ2v) is 5.22. The number of rotatable bonds is 6. The molecule has 2 aromatic carbocycles. The molecule has 0 unspecified atom stereocenters. The van der Waals surface area contributed by atoms with Crippen LogP contribution in [0.1, 0.15) is 37.8 Å². The Morgan fingerprint density at radius 3 is 2.35 bits per heavy atom. The molecule has 0 saturated carbocycles. The summed E-state index contributed by atoms with van der Waals surface area (Å²) >= 11 is 0. The highest BCUT2D eigenvalue weighted by Crippen LogP contribution is 2.30. The van der Waals surface area contributed by atoms with Crippen LogP contribution in [0.25, 0.3) is 0 Å². The number of hydrogen-bond acceptors (Lipinski definition) is 2. The maximum Gasteiger partial charge on any atom is 0.130 e. The molecule has 2 rings (SSSR count). The lowest BCUT2D eigenvalue weighted by Crippen LogP contribution is -2.11. The summed E-state index contributed by atoms with van der Waals surface area (Å²) in [4.78, 5) is 0. The standard InChI is InChI=1S/C18H23NO/c1-4-19-13-15-9-11-16(12-10-15)20-18-8-6-5-7-17(18)14(2)3/h5-12,14,19H,4,13H2,1-3H3. The van der Waals surface area contributed by atoms with Crippen LogP contribution in [-0.2, 0) is 6.54 Å². The molecule has 2 heteroatoms. The Kier molecular flexibility index (Phi) is 5.19. The van der Waals surface area contributed by atoms with Gasteiger partial charge in [0, 0.05) is 6.54 Å². The molecular weight excluding hydrogens is 246 g/mol. The zero-order valence-corrected chi connectivity index (χ0v) is 12.5. The van der Waals surface area contributed by atoms with Gasteiger partial charge in [-0.05, 0) is 41.8 Å². The van der Waals surface area contributed by atoms with Gasteiger partial charge in [-0.2, -0.15) is 0 Å². The van der Waals surface area contributed by atoms with Gasteiger partial charge in [-0.25, -0.2) is 0 Å².